The monoisotopic (exact) mass is 513 g/mol. The smallest absolute Gasteiger partial charge is 0.244 e. The van der Waals surface area contributed by atoms with Crippen molar-refractivity contribution in [1.82, 2.24) is 10.2 Å². The van der Waals surface area contributed by atoms with E-state index >= 15 is 0 Å². The van der Waals surface area contributed by atoms with Crippen LogP contribution in [0.2, 0.25) is 10.0 Å². The number of rotatable bonds is 11. The number of nitrogens with one attached hydrogen (secondary N) is 1. The van der Waals surface area contributed by atoms with Gasteiger partial charge in [0.15, 0.2) is 0 Å². The molecular weight excluding hydrogens is 485 g/mol. The highest BCUT2D eigenvalue weighted by atomic mass is 35.5. The quantitative estimate of drug-likeness (QED) is 0.490. The lowest BCUT2D eigenvalue weighted by Gasteiger charge is -2.33. The number of hydrogen-bond acceptors (Lipinski definition) is 4. The van der Waals surface area contributed by atoms with E-state index in [0.29, 0.717) is 18.0 Å². The van der Waals surface area contributed by atoms with E-state index in [-0.39, 0.29) is 23.2 Å². The molecule has 180 valence electrons. The molecule has 0 spiro atoms. The molecule has 1 N–H and O–H groups in total. The van der Waals surface area contributed by atoms with Gasteiger partial charge in [0.25, 0.3) is 0 Å². The lowest BCUT2D eigenvalue weighted by atomic mass is 10.1. The Hall–Kier alpha value is -2.29. The first-order valence-electron chi connectivity index (χ1n) is 10.6. The molecule has 0 aliphatic heterocycles. The van der Waals surface area contributed by atoms with Gasteiger partial charge >= 0.3 is 0 Å². The fraction of sp³-hybridized carbons (Fsp3) is 0.391. The number of amides is 2. The fourth-order valence-electron chi connectivity index (χ4n) is 3.34. The summed E-state index contributed by atoms with van der Waals surface area (Å²) in [4.78, 5) is 27.8. The molecule has 2 rings (SSSR count). The van der Waals surface area contributed by atoms with Crippen molar-refractivity contribution in [1.29, 1.82) is 0 Å². The van der Waals surface area contributed by atoms with E-state index in [0.717, 1.165) is 22.5 Å². The summed E-state index contributed by atoms with van der Waals surface area (Å²) in [5.41, 5.74) is 0.961. The van der Waals surface area contributed by atoms with Crippen LogP contribution < -0.4 is 9.62 Å². The molecule has 33 heavy (non-hydrogen) atoms. The zero-order chi connectivity index (χ0) is 24.6. The summed E-state index contributed by atoms with van der Waals surface area (Å²) in [5, 5.41) is 3.28. The molecule has 0 heterocycles. The highest BCUT2D eigenvalue weighted by Crippen LogP contribution is 2.30. The van der Waals surface area contributed by atoms with Crippen molar-refractivity contribution in [3.05, 3.63) is 64.1 Å². The molecule has 0 aliphatic rings. The van der Waals surface area contributed by atoms with E-state index in [4.69, 9.17) is 23.2 Å². The normalized spacial score (nSPS) is 12.2. The van der Waals surface area contributed by atoms with E-state index in [9.17, 15) is 18.0 Å². The third-order valence-electron chi connectivity index (χ3n) is 4.99. The highest BCUT2D eigenvalue weighted by Gasteiger charge is 2.32. The summed E-state index contributed by atoms with van der Waals surface area (Å²) in [5.74, 6) is -0.798. The van der Waals surface area contributed by atoms with Crippen LogP contribution >= 0.6 is 23.2 Å². The van der Waals surface area contributed by atoms with Gasteiger partial charge in [-0.05, 0) is 36.6 Å². The third kappa shape index (κ3) is 7.62. The van der Waals surface area contributed by atoms with Crippen LogP contribution in [0.15, 0.2) is 48.5 Å². The number of halogens is 2. The molecule has 0 aliphatic carbocycles. The van der Waals surface area contributed by atoms with Gasteiger partial charge in [-0.1, -0.05) is 67.4 Å². The van der Waals surface area contributed by atoms with Crippen LogP contribution in [-0.2, 0) is 26.2 Å². The Labute approximate surface area is 205 Å². The van der Waals surface area contributed by atoms with Crippen LogP contribution in [0.3, 0.4) is 0 Å². The predicted octanol–water partition coefficient (Wildman–Crippen LogP) is 4.09. The Bertz CT molecular complexity index is 1060. The molecule has 0 saturated heterocycles. The maximum Gasteiger partial charge on any atom is 0.244 e. The molecule has 7 nitrogen and oxygen atoms in total. The van der Waals surface area contributed by atoms with Crippen molar-refractivity contribution in [2.24, 2.45) is 0 Å². The number of sulfonamides is 1. The average Bonchev–Trinajstić information content (AvgIpc) is 2.76. The number of nitrogens with zero attached hydrogens (tertiary/aromatic N) is 2. The fourth-order valence-corrected chi connectivity index (χ4v) is 4.77. The number of hydrogen-bond donors (Lipinski definition) is 1. The van der Waals surface area contributed by atoms with Crippen molar-refractivity contribution in [2.75, 3.05) is 23.7 Å². The maximum atomic E-state index is 13.5. The molecule has 0 aromatic heterocycles. The largest absolute Gasteiger partial charge is 0.354 e. The molecule has 0 saturated carbocycles. The number of carbonyl (C=O) groups excluding carboxylic acids is 2. The summed E-state index contributed by atoms with van der Waals surface area (Å²) in [6, 6.07) is 12.8. The summed E-state index contributed by atoms with van der Waals surface area (Å²) >= 11 is 12.2. The van der Waals surface area contributed by atoms with Gasteiger partial charge < -0.3 is 10.2 Å². The minimum absolute atomic E-state index is 0.100. The van der Waals surface area contributed by atoms with Gasteiger partial charge in [-0.25, -0.2) is 8.42 Å². The zero-order valence-electron chi connectivity index (χ0n) is 18.9. The Morgan fingerprint density at radius 1 is 1.06 bits per heavy atom. The maximum absolute atomic E-state index is 13.5. The van der Waals surface area contributed by atoms with Crippen molar-refractivity contribution in [2.45, 2.75) is 39.3 Å². The van der Waals surface area contributed by atoms with Gasteiger partial charge in [0.05, 0.1) is 17.0 Å². The molecular formula is C23H29Cl2N3O4S. The number of benzene rings is 2. The highest BCUT2D eigenvalue weighted by molar-refractivity contribution is 7.92. The average molecular weight is 514 g/mol. The minimum Gasteiger partial charge on any atom is -0.354 e. The van der Waals surface area contributed by atoms with Crippen LogP contribution in [0.25, 0.3) is 0 Å². The molecule has 0 bridgehead atoms. The van der Waals surface area contributed by atoms with Crippen molar-refractivity contribution in [3.8, 4) is 0 Å². The summed E-state index contributed by atoms with van der Waals surface area (Å²) in [6.45, 7) is 3.88. The van der Waals surface area contributed by atoms with E-state index in [1.54, 1.807) is 0 Å². The van der Waals surface area contributed by atoms with Gasteiger partial charge in [-0.3, -0.25) is 13.9 Å². The van der Waals surface area contributed by atoms with E-state index < -0.39 is 28.5 Å². The van der Waals surface area contributed by atoms with E-state index in [1.807, 2.05) is 44.2 Å². The SMILES string of the molecule is CCCNC(=O)[C@H](CC)N(Cc1ccccc1)C(=O)CN(c1ccc(Cl)cc1Cl)S(C)(=O)=O. The molecule has 2 aromatic carbocycles. The lowest BCUT2D eigenvalue weighted by Crippen LogP contribution is -2.52. The minimum atomic E-state index is -3.86. The third-order valence-corrected chi connectivity index (χ3v) is 6.65. The van der Waals surface area contributed by atoms with Crippen molar-refractivity contribution >= 4 is 50.7 Å². The Morgan fingerprint density at radius 2 is 1.73 bits per heavy atom. The van der Waals surface area contributed by atoms with Gasteiger partial charge in [0, 0.05) is 18.1 Å². The Morgan fingerprint density at radius 3 is 2.27 bits per heavy atom. The van der Waals surface area contributed by atoms with Crippen LogP contribution in [0, 0.1) is 0 Å². The topological polar surface area (TPSA) is 86.8 Å². The van der Waals surface area contributed by atoms with Crippen LogP contribution in [0.5, 0.6) is 0 Å². The number of carbonyl (C=O) groups is 2. The summed E-state index contributed by atoms with van der Waals surface area (Å²) in [7, 11) is -3.86. The Kier molecular flexibility index (Phi) is 10.0. The van der Waals surface area contributed by atoms with Gasteiger partial charge in [0.1, 0.15) is 12.6 Å². The van der Waals surface area contributed by atoms with E-state index in [1.165, 1.54) is 23.1 Å². The predicted molar refractivity (Wildman–Crippen MR) is 133 cm³/mol. The molecule has 1 atom stereocenters. The standard InChI is InChI=1S/C23H29Cl2N3O4S/c1-4-13-26-23(30)20(5-2)27(15-17-9-7-6-8-10-17)22(29)16-28(33(3,31)32)21-12-11-18(24)14-19(21)25/h6-12,14,20H,4-5,13,15-16H2,1-3H3,(H,26,30)/t20-/m0/s1. The van der Waals surface area contributed by atoms with Crippen LogP contribution in [0.1, 0.15) is 32.3 Å². The lowest BCUT2D eigenvalue weighted by molar-refractivity contribution is -0.140. The number of anilines is 1. The summed E-state index contributed by atoms with van der Waals surface area (Å²) in [6.07, 6.45) is 2.12. The molecule has 0 radical (unpaired) electrons. The molecule has 10 heteroatoms. The molecule has 0 fully saturated rings. The van der Waals surface area contributed by atoms with E-state index in [2.05, 4.69) is 5.32 Å². The van der Waals surface area contributed by atoms with Gasteiger partial charge in [-0.2, -0.15) is 0 Å². The second-order valence-corrected chi connectivity index (χ2v) is 10.3. The van der Waals surface area contributed by atoms with Crippen molar-refractivity contribution < 1.29 is 18.0 Å². The Balaban J connectivity index is 2.43. The first-order chi connectivity index (χ1) is 15.6. The van der Waals surface area contributed by atoms with Crippen molar-refractivity contribution in [3.63, 3.8) is 0 Å². The van der Waals surface area contributed by atoms with Gasteiger partial charge in [0.2, 0.25) is 21.8 Å². The first-order valence-corrected chi connectivity index (χ1v) is 13.2. The molecule has 0 unspecified atom stereocenters. The van der Waals surface area contributed by atoms with Crippen LogP contribution in [0.4, 0.5) is 5.69 Å². The molecule has 2 amide bonds. The first kappa shape index (κ1) is 27.0. The zero-order valence-corrected chi connectivity index (χ0v) is 21.3. The second kappa shape index (κ2) is 12.3. The van der Waals surface area contributed by atoms with Gasteiger partial charge in [-0.15, -0.1) is 0 Å². The second-order valence-electron chi connectivity index (χ2n) is 7.59. The summed E-state index contributed by atoms with van der Waals surface area (Å²) < 4.78 is 26.1. The van der Waals surface area contributed by atoms with Crippen LogP contribution in [-0.4, -0.2) is 50.5 Å². The molecule has 2 aromatic rings.